The van der Waals surface area contributed by atoms with Crippen molar-refractivity contribution in [1.82, 2.24) is 14.8 Å². The van der Waals surface area contributed by atoms with Crippen LogP contribution in [0, 0.1) is 40.3 Å². The largest absolute Gasteiger partial charge is 0.461 e. The highest BCUT2D eigenvalue weighted by atomic mass is 32.2. The summed E-state index contributed by atoms with van der Waals surface area (Å²) in [5, 5.41) is 14.5. The van der Waals surface area contributed by atoms with Gasteiger partial charge in [0, 0.05) is 72.1 Å². The number of aromatic nitrogens is 1. The first kappa shape index (κ1) is 41.7. The molecule has 2 heterocycles. The summed E-state index contributed by atoms with van der Waals surface area (Å²) in [5.41, 5.74) is -0.895. The summed E-state index contributed by atoms with van der Waals surface area (Å²) in [6.45, 7) is 9.61. The van der Waals surface area contributed by atoms with Gasteiger partial charge in [0.1, 0.15) is 29.9 Å². The Morgan fingerprint density at radius 3 is 2.40 bits per heavy atom. The van der Waals surface area contributed by atoms with Crippen LogP contribution in [-0.4, -0.2) is 102 Å². The maximum atomic E-state index is 15.9. The van der Waals surface area contributed by atoms with Crippen LogP contribution < -0.4 is 15.6 Å². The molecular weight excluding hydrogens is 752 g/mol. The Kier molecular flexibility index (Phi) is 11.4. The molecule has 2 N–H and O–H groups in total. The standard InChI is InChI=1S/C43H59FN4O8S/c1-24-10-14-43-15-11-33(49)36(43)42(24,4)34(22-41(3,57-7)37(51)25(43)2)56-40(54)45-38(52)26-12-16-47(17-13-26)32-21-31-28(20-30(32)44)35(50)29(23-48(31)27-8-9-27)39(53)55-19-18-46(5)6/h20-21,23-27,34,36-37,51H,8-19,22H2,1-7H3,(H,45,52,54)/t24-,25+,34-,36?,37+,41-,42+,43?/m1/s1. The number of Topliss-reactive ketones (excluding diaryl/α,β-unsaturated/α-hetero) is 1. The number of likely N-dealkylation sites (N-methyl/N-ethyl adjacent to an activating group) is 1. The molecule has 1 saturated heterocycles. The van der Waals surface area contributed by atoms with E-state index in [-0.39, 0.29) is 52.6 Å². The molecule has 4 saturated carbocycles. The van der Waals surface area contributed by atoms with E-state index in [2.05, 4.69) is 26.1 Å². The molecule has 2 unspecified atom stereocenters. The zero-order valence-electron chi connectivity index (χ0n) is 34.4. The number of ketones is 1. The molecule has 0 radical (unpaired) electrons. The van der Waals surface area contributed by atoms with Crippen LogP contribution in [0.2, 0.25) is 0 Å². The fourth-order valence-electron chi connectivity index (χ4n) is 11.0. The summed E-state index contributed by atoms with van der Waals surface area (Å²) in [7, 11) is 3.70. The lowest BCUT2D eigenvalue weighted by Crippen LogP contribution is -2.64. The molecular formula is C43H59FN4O8S. The second kappa shape index (κ2) is 15.6. The number of esters is 1. The average Bonchev–Trinajstić information content (AvgIpc) is 3.96. The number of halogens is 1. The maximum absolute atomic E-state index is 15.9. The Bertz CT molecular complexity index is 2000. The fourth-order valence-corrected chi connectivity index (χ4v) is 11.7. The summed E-state index contributed by atoms with van der Waals surface area (Å²) in [4.78, 5) is 71.1. The van der Waals surface area contributed by atoms with E-state index in [0.29, 0.717) is 56.5 Å². The second-order valence-corrected chi connectivity index (χ2v) is 19.6. The van der Waals surface area contributed by atoms with Gasteiger partial charge in [-0.1, -0.05) is 20.8 Å². The number of nitrogens with zero attached hydrogens (tertiary/aromatic N) is 3. The van der Waals surface area contributed by atoms with Crippen molar-refractivity contribution in [3.63, 3.8) is 0 Å². The van der Waals surface area contributed by atoms with Crippen LogP contribution in [0.4, 0.5) is 14.9 Å². The molecule has 2 aromatic rings. The number of hydrogen-bond donors (Lipinski definition) is 2. The topological polar surface area (TPSA) is 147 Å². The number of hydrogen-bond acceptors (Lipinski definition) is 11. The third kappa shape index (κ3) is 7.30. The van der Waals surface area contributed by atoms with Crippen molar-refractivity contribution < 1.29 is 38.1 Å². The van der Waals surface area contributed by atoms with Crippen molar-refractivity contribution in [1.29, 1.82) is 0 Å². The van der Waals surface area contributed by atoms with Gasteiger partial charge in [-0.2, -0.15) is 11.8 Å². The van der Waals surface area contributed by atoms with Crippen LogP contribution in [-0.2, 0) is 19.1 Å². The first-order chi connectivity index (χ1) is 26.9. The van der Waals surface area contributed by atoms with Crippen LogP contribution in [0.15, 0.2) is 23.1 Å². The Morgan fingerprint density at radius 1 is 1.05 bits per heavy atom. The summed E-state index contributed by atoms with van der Waals surface area (Å²) in [5.74, 6) is -2.52. The van der Waals surface area contributed by atoms with E-state index < -0.39 is 57.5 Å². The molecule has 5 fully saturated rings. The molecule has 0 spiro atoms. The van der Waals surface area contributed by atoms with E-state index in [4.69, 9.17) is 9.47 Å². The van der Waals surface area contributed by atoms with Crippen molar-refractivity contribution in [3.8, 4) is 0 Å². The number of ether oxygens (including phenoxy) is 2. The molecule has 7 rings (SSSR count). The summed E-state index contributed by atoms with van der Waals surface area (Å²) >= 11 is 1.55. The van der Waals surface area contributed by atoms with Crippen LogP contribution in [0.1, 0.15) is 102 Å². The van der Waals surface area contributed by atoms with E-state index in [1.165, 1.54) is 12.3 Å². The van der Waals surface area contributed by atoms with Crippen LogP contribution in [0.3, 0.4) is 0 Å². The van der Waals surface area contributed by atoms with Crippen LogP contribution >= 0.6 is 11.8 Å². The number of amides is 2. The van der Waals surface area contributed by atoms with Gasteiger partial charge in [-0.25, -0.2) is 14.0 Å². The number of carbonyl (C=O) groups excluding carboxylic acids is 4. The number of piperidine rings is 1. The van der Waals surface area contributed by atoms with E-state index in [1.54, 1.807) is 17.8 Å². The molecule has 4 aliphatic carbocycles. The zero-order valence-corrected chi connectivity index (χ0v) is 35.2. The van der Waals surface area contributed by atoms with Crippen LogP contribution in [0.5, 0.6) is 0 Å². The smallest absolute Gasteiger partial charge is 0.414 e. The predicted molar refractivity (Wildman–Crippen MR) is 217 cm³/mol. The SMILES string of the molecule is CS[C@]1(C)C[C@@H](OC(=O)NC(=O)C2CCN(c3cc4c(cc3F)c(=O)c(C(=O)OCCN(C)C)cn4C3CC3)CC2)[C@@]2(C)C3C(=O)CCC3(CC[C@H]2C)[C@@H](C)[C@@H]1O. The molecule has 57 heavy (non-hydrogen) atoms. The van der Waals surface area contributed by atoms with Gasteiger partial charge in [-0.15, -0.1) is 0 Å². The number of fused-ring (bicyclic) bond motifs is 1. The number of imide groups is 1. The van der Waals surface area contributed by atoms with E-state index in [1.807, 2.05) is 41.6 Å². The molecule has 1 aromatic carbocycles. The van der Waals surface area contributed by atoms with Gasteiger partial charge in [-0.05, 0) is 102 Å². The number of nitrogens with one attached hydrogen (secondary N) is 1. The van der Waals surface area contributed by atoms with Crippen molar-refractivity contribution in [2.45, 2.75) is 108 Å². The van der Waals surface area contributed by atoms with Gasteiger partial charge in [0.05, 0.1) is 17.3 Å². The predicted octanol–water partition coefficient (Wildman–Crippen LogP) is 5.96. The highest BCUT2D eigenvalue weighted by Crippen LogP contribution is 2.68. The average molecular weight is 811 g/mol. The van der Waals surface area contributed by atoms with Gasteiger partial charge in [0.15, 0.2) is 0 Å². The lowest BCUT2D eigenvalue weighted by atomic mass is 9.45. The lowest BCUT2D eigenvalue weighted by Gasteiger charge is -2.61. The highest BCUT2D eigenvalue weighted by molar-refractivity contribution is 8.00. The Balaban J connectivity index is 1.05. The first-order valence-corrected chi connectivity index (χ1v) is 21.9. The van der Waals surface area contributed by atoms with Gasteiger partial charge >= 0.3 is 12.1 Å². The highest BCUT2D eigenvalue weighted by Gasteiger charge is 2.68. The molecule has 312 valence electrons. The quantitative estimate of drug-likeness (QED) is 0.290. The van der Waals surface area contributed by atoms with E-state index in [9.17, 15) is 29.1 Å². The first-order valence-electron chi connectivity index (χ1n) is 20.7. The summed E-state index contributed by atoms with van der Waals surface area (Å²) < 4.78 is 28.7. The number of pyridine rings is 1. The molecule has 2 amide bonds. The molecule has 1 aliphatic heterocycles. The van der Waals surface area contributed by atoms with Crippen molar-refractivity contribution in [2.24, 2.45) is 34.5 Å². The molecule has 1 aromatic heterocycles. The third-order valence-corrected chi connectivity index (χ3v) is 16.3. The number of alkyl carbamates (subject to hydrolysis) is 1. The second-order valence-electron chi connectivity index (χ2n) is 18.3. The minimum absolute atomic E-state index is 0.0789. The lowest BCUT2D eigenvalue weighted by molar-refractivity contribution is -0.179. The van der Waals surface area contributed by atoms with E-state index >= 15 is 4.39 Å². The van der Waals surface area contributed by atoms with Crippen molar-refractivity contribution in [3.05, 3.63) is 39.9 Å². The minimum Gasteiger partial charge on any atom is -0.461 e. The van der Waals surface area contributed by atoms with Gasteiger partial charge in [0.2, 0.25) is 11.3 Å². The number of anilines is 1. The zero-order chi connectivity index (χ0) is 41.2. The molecule has 8 atom stereocenters. The molecule has 12 nitrogen and oxygen atoms in total. The van der Waals surface area contributed by atoms with Gasteiger partial charge in [-0.3, -0.25) is 19.7 Å². The normalized spacial score (nSPS) is 33.1. The Morgan fingerprint density at radius 2 is 1.75 bits per heavy atom. The molecule has 2 bridgehead atoms. The maximum Gasteiger partial charge on any atom is 0.414 e. The summed E-state index contributed by atoms with van der Waals surface area (Å²) in [6, 6.07) is 2.95. The number of thioether (sulfide) groups is 1. The monoisotopic (exact) mass is 810 g/mol. The molecule has 5 aliphatic rings. The van der Waals surface area contributed by atoms with E-state index in [0.717, 1.165) is 32.1 Å². The van der Waals surface area contributed by atoms with Crippen LogP contribution in [0.25, 0.3) is 10.9 Å². The number of benzene rings is 1. The fraction of sp³-hybridized carbons (Fsp3) is 0.698. The van der Waals surface area contributed by atoms with Crippen molar-refractivity contribution in [2.75, 3.05) is 51.5 Å². The third-order valence-electron chi connectivity index (χ3n) is 14.9. The molecule has 14 heteroatoms. The van der Waals surface area contributed by atoms with Gasteiger partial charge < -0.3 is 28.9 Å². The number of carbonyl (C=O) groups is 4. The Labute approximate surface area is 338 Å². The number of aliphatic hydroxyl groups excluding tert-OH is 1. The number of rotatable bonds is 9. The summed E-state index contributed by atoms with van der Waals surface area (Å²) in [6.07, 6.45) is 6.90. The van der Waals surface area contributed by atoms with Crippen molar-refractivity contribution >= 4 is 52.1 Å². The Hall–Kier alpha value is -3.49. The van der Waals surface area contributed by atoms with Gasteiger partial charge in [0.25, 0.3) is 0 Å². The number of aliphatic hydroxyl groups is 1. The minimum atomic E-state index is -0.853.